The SMILES string of the molecule is CCCCCCCCC(CCCCCC)C(=O)OCCN(CCOC(=O)C(CCCCCC)CCCCCCCC)C(=O)CN1CCCCC1. The number of nitrogens with zero attached hydrogens (tertiary/aromatic N) is 2. The average molecular weight is 707 g/mol. The maximum Gasteiger partial charge on any atom is 0.308 e. The summed E-state index contributed by atoms with van der Waals surface area (Å²) in [5, 5.41) is 0. The van der Waals surface area contributed by atoms with Crippen LogP contribution in [0.1, 0.15) is 201 Å². The van der Waals surface area contributed by atoms with Gasteiger partial charge in [0.15, 0.2) is 0 Å². The van der Waals surface area contributed by atoms with Crippen molar-refractivity contribution < 1.29 is 23.9 Å². The minimum atomic E-state index is -0.106. The van der Waals surface area contributed by atoms with E-state index in [0.29, 0.717) is 19.6 Å². The molecule has 2 atom stereocenters. The third kappa shape index (κ3) is 24.5. The molecule has 7 heteroatoms. The molecule has 0 saturated carbocycles. The number of carbonyl (C=O) groups is 3. The molecule has 1 amide bonds. The van der Waals surface area contributed by atoms with Gasteiger partial charge in [-0.1, -0.05) is 163 Å². The Labute approximate surface area is 309 Å². The van der Waals surface area contributed by atoms with Crippen LogP contribution < -0.4 is 0 Å². The van der Waals surface area contributed by atoms with Crippen LogP contribution in [0.2, 0.25) is 0 Å². The standard InChI is InChI=1S/C43H82N2O5/c1-5-9-13-17-19-24-30-39(28-22-15-11-7-3)42(47)49-36-34-45(41(46)38-44-32-26-21-27-33-44)35-37-50-43(48)40(29-23-16-12-8-4)31-25-20-18-14-10-6-2/h39-40H,5-38H2,1-4H3. The first kappa shape index (κ1) is 46.4. The lowest BCUT2D eigenvalue weighted by molar-refractivity contribution is -0.152. The smallest absolute Gasteiger partial charge is 0.308 e. The van der Waals surface area contributed by atoms with E-state index in [4.69, 9.17) is 9.47 Å². The molecule has 0 spiro atoms. The van der Waals surface area contributed by atoms with Gasteiger partial charge in [-0.3, -0.25) is 19.3 Å². The Morgan fingerprint density at radius 3 is 1.22 bits per heavy atom. The number of unbranched alkanes of at least 4 members (excludes halogenated alkanes) is 16. The third-order valence-electron chi connectivity index (χ3n) is 10.7. The molecule has 1 aliphatic heterocycles. The van der Waals surface area contributed by atoms with Crippen molar-refractivity contribution in [2.24, 2.45) is 11.8 Å². The monoisotopic (exact) mass is 707 g/mol. The lowest BCUT2D eigenvalue weighted by Gasteiger charge is -2.29. The Bertz CT molecular complexity index is 765. The highest BCUT2D eigenvalue weighted by Crippen LogP contribution is 2.22. The van der Waals surface area contributed by atoms with Crippen molar-refractivity contribution in [3.8, 4) is 0 Å². The molecule has 1 heterocycles. The second-order valence-corrected chi connectivity index (χ2v) is 15.3. The van der Waals surface area contributed by atoms with Gasteiger partial charge in [-0.05, 0) is 51.6 Å². The first-order valence-electron chi connectivity index (χ1n) is 21.8. The second-order valence-electron chi connectivity index (χ2n) is 15.3. The van der Waals surface area contributed by atoms with E-state index >= 15 is 0 Å². The van der Waals surface area contributed by atoms with Crippen LogP contribution >= 0.6 is 0 Å². The number of ether oxygens (including phenoxy) is 2. The minimum absolute atomic E-state index is 0.0328. The summed E-state index contributed by atoms with van der Waals surface area (Å²) in [4.78, 5) is 44.1. The van der Waals surface area contributed by atoms with E-state index in [-0.39, 0.29) is 42.9 Å². The van der Waals surface area contributed by atoms with Gasteiger partial charge in [0.25, 0.3) is 0 Å². The molecular weight excluding hydrogens is 624 g/mol. The Balaban J connectivity index is 2.75. The van der Waals surface area contributed by atoms with Crippen LogP contribution in [-0.4, -0.2) is 73.6 Å². The van der Waals surface area contributed by atoms with Crippen LogP contribution in [0.15, 0.2) is 0 Å². The number of piperidine rings is 1. The predicted octanol–water partition coefficient (Wildman–Crippen LogP) is 11.1. The van der Waals surface area contributed by atoms with Crippen LogP contribution in [-0.2, 0) is 23.9 Å². The maximum atomic E-state index is 13.5. The lowest BCUT2D eigenvalue weighted by Crippen LogP contribution is -2.45. The van der Waals surface area contributed by atoms with Crippen LogP contribution in [0.3, 0.4) is 0 Å². The fourth-order valence-electron chi connectivity index (χ4n) is 7.26. The molecule has 2 unspecified atom stereocenters. The third-order valence-corrected chi connectivity index (χ3v) is 10.7. The zero-order valence-electron chi connectivity index (χ0n) is 33.6. The molecule has 50 heavy (non-hydrogen) atoms. The van der Waals surface area contributed by atoms with E-state index in [1.165, 1.54) is 96.3 Å². The van der Waals surface area contributed by atoms with Crippen molar-refractivity contribution in [3.05, 3.63) is 0 Å². The first-order chi connectivity index (χ1) is 24.5. The summed E-state index contributed by atoms with van der Waals surface area (Å²) in [7, 11) is 0. The van der Waals surface area contributed by atoms with Gasteiger partial charge in [0.1, 0.15) is 13.2 Å². The number of carbonyl (C=O) groups excluding carboxylic acids is 3. The molecule has 0 aromatic rings. The van der Waals surface area contributed by atoms with E-state index in [1.807, 2.05) is 0 Å². The van der Waals surface area contributed by atoms with Crippen molar-refractivity contribution in [1.29, 1.82) is 0 Å². The van der Waals surface area contributed by atoms with E-state index in [1.54, 1.807) is 4.90 Å². The van der Waals surface area contributed by atoms with Crippen LogP contribution in [0.25, 0.3) is 0 Å². The fraction of sp³-hybridized carbons (Fsp3) is 0.930. The summed E-state index contributed by atoms with van der Waals surface area (Å²) in [6.45, 7) is 12.2. The van der Waals surface area contributed by atoms with E-state index in [9.17, 15) is 14.4 Å². The highest BCUT2D eigenvalue weighted by molar-refractivity contribution is 5.78. The molecule has 1 saturated heterocycles. The van der Waals surface area contributed by atoms with Crippen LogP contribution in [0, 0.1) is 11.8 Å². The number of likely N-dealkylation sites (tertiary alicyclic amines) is 1. The van der Waals surface area contributed by atoms with E-state index < -0.39 is 0 Å². The van der Waals surface area contributed by atoms with Gasteiger partial charge in [-0.2, -0.15) is 0 Å². The highest BCUT2D eigenvalue weighted by atomic mass is 16.5. The minimum Gasteiger partial charge on any atom is -0.464 e. The van der Waals surface area contributed by atoms with Crippen LogP contribution in [0.4, 0.5) is 0 Å². The second kappa shape index (κ2) is 33.2. The maximum absolute atomic E-state index is 13.5. The number of amides is 1. The van der Waals surface area contributed by atoms with Crippen molar-refractivity contribution in [2.45, 2.75) is 201 Å². The van der Waals surface area contributed by atoms with Gasteiger partial charge in [0.2, 0.25) is 5.91 Å². The number of hydrogen-bond acceptors (Lipinski definition) is 6. The molecule has 0 aromatic carbocycles. The summed E-state index contributed by atoms with van der Waals surface area (Å²) in [5.74, 6) is -0.295. The molecular formula is C43H82N2O5. The summed E-state index contributed by atoms with van der Waals surface area (Å²) in [5.41, 5.74) is 0. The zero-order chi connectivity index (χ0) is 36.5. The Morgan fingerprint density at radius 2 is 0.840 bits per heavy atom. The normalized spacial score (nSPS) is 14.7. The topological polar surface area (TPSA) is 76.1 Å². The van der Waals surface area contributed by atoms with Crippen molar-refractivity contribution in [3.63, 3.8) is 0 Å². The highest BCUT2D eigenvalue weighted by Gasteiger charge is 2.24. The summed E-state index contributed by atoms with van der Waals surface area (Å²) < 4.78 is 11.8. The summed E-state index contributed by atoms with van der Waals surface area (Å²) in [6.07, 6.45) is 30.8. The summed E-state index contributed by atoms with van der Waals surface area (Å²) in [6, 6.07) is 0. The quantitative estimate of drug-likeness (QED) is 0.0490. The van der Waals surface area contributed by atoms with E-state index in [0.717, 1.165) is 90.1 Å². The molecule has 1 fully saturated rings. The Kier molecular flexibility index (Phi) is 30.8. The van der Waals surface area contributed by atoms with Gasteiger partial charge >= 0.3 is 11.9 Å². The molecule has 0 aromatic heterocycles. The average Bonchev–Trinajstić information content (AvgIpc) is 3.12. The van der Waals surface area contributed by atoms with Crippen LogP contribution in [0.5, 0.6) is 0 Å². The van der Waals surface area contributed by atoms with Crippen molar-refractivity contribution >= 4 is 17.8 Å². The molecule has 1 aliphatic rings. The molecule has 0 radical (unpaired) electrons. The number of hydrogen-bond donors (Lipinski definition) is 0. The molecule has 0 N–H and O–H groups in total. The van der Waals surface area contributed by atoms with Gasteiger partial charge in [-0.25, -0.2) is 0 Å². The Morgan fingerprint density at radius 1 is 0.500 bits per heavy atom. The van der Waals surface area contributed by atoms with Gasteiger partial charge < -0.3 is 14.4 Å². The van der Waals surface area contributed by atoms with Crippen molar-refractivity contribution in [1.82, 2.24) is 9.80 Å². The first-order valence-corrected chi connectivity index (χ1v) is 21.8. The molecule has 294 valence electrons. The number of rotatable bonds is 34. The molecule has 1 rings (SSSR count). The van der Waals surface area contributed by atoms with Gasteiger partial charge in [-0.15, -0.1) is 0 Å². The number of esters is 2. The Hall–Kier alpha value is -1.63. The zero-order valence-corrected chi connectivity index (χ0v) is 33.6. The van der Waals surface area contributed by atoms with Crippen molar-refractivity contribution in [2.75, 3.05) is 45.9 Å². The van der Waals surface area contributed by atoms with Gasteiger partial charge in [0, 0.05) is 0 Å². The summed E-state index contributed by atoms with van der Waals surface area (Å²) >= 11 is 0. The molecule has 0 aliphatic carbocycles. The fourth-order valence-corrected chi connectivity index (χ4v) is 7.26. The van der Waals surface area contributed by atoms with Gasteiger partial charge in [0.05, 0.1) is 31.5 Å². The predicted molar refractivity (Wildman–Crippen MR) is 209 cm³/mol. The molecule has 0 bridgehead atoms. The lowest BCUT2D eigenvalue weighted by atomic mass is 9.94. The van der Waals surface area contributed by atoms with E-state index in [2.05, 4.69) is 32.6 Å². The molecule has 7 nitrogen and oxygen atoms in total. The largest absolute Gasteiger partial charge is 0.464 e.